The van der Waals surface area contributed by atoms with Crippen molar-refractivity contribution in [2.75, 3.05) is 58.2 Å². The second-order valence-electron chi connectivity index (χ2n) is 7.45. The van der Waals surface area contributed by atoms with Gasteiger partial charge in [0.2, 0.25) is 10.0 Å². The fourth-order valence-electron chi connectivity index (χ4n) is 2.91. The van der Waals surface area contributed by atoms with Crippen LogP contribution in [0.3, 0.4) is 0 Å². The van der Waals surface area contributed by atoms with E-state index in [2.05, 4.69) is 15.2 Å². The van der Waals surface area contributed by atoms with E-state index in [9.17, 15) is 13.5 Å². The first-order valence-corrected chi connectivity index (χ1v) is 11.2. The van der Waals surface area contributed by atoms with E-state index in [-0.39, 0.29) is 54.5 Å². The van der Waals surface area contributed by atoms with E-state index in [0.717, 1.165) is 25.3 Å². The van der Waals surface area contributed by atoms with E-state index in [1.165, 1.54) is 0 Å². The Morgan fingerprint density at radius 2 is 1.89 bits per heavy atom. The van der Waals surface area contributed by atoms with Crippen LogP contribution in [0.15, 0.2) is 4.99 Å². The molecule has 10 heteroatoms. The van der Waals surface area contributed by atoms with Gasteiger partial charge in [0.25, 0.3) is 0 Å². The molecule has 1 aliphatic carbocycles. The smallest absolute Gasteiger partial charge is 0.216 e. The normalized spacial score (nSPS) is 20.5. The first-order chi connectivity index (χ1) is 12.3. The first kappa shape index (κ1) is 24.9. The number of sulfonamides is 1. The molecule has 0 spiro atoms. The Morgan fingerprint density at radius 3 is 2.37 bits per heavy atom. The molecule has 1 saturated carbocycles. The van der Waals surface area contributed by atoms with Gasteiger partial charge in [-0.3, -0.25) is 4.99 Å². The van der Waals surface area contributed by atoms with E-state index in [1.807, 2.05) is 20.8 Å². The highest BCUT2D eigenvalue weighted by molar-refractivity contribution is 14.0. The number of nitrogens with one attached hydrogen (secondary N) is 1. The predicted molar refractivity (Wildman–Crippen MR) is 118 cm³/mol. The van der Waals surface area contributed by atoms with E-state index >= 15 is 0 Å². The lowest BCUT2D eigenvalue weighted by Crippen LogP contribution is -2.54. The summed E-state index contributed by atoms with van der Waals surface area (Å²) in [7, 11) is -3.28. The number of aliphatic hydroxyl groups excluding tert-OH is 1. The van der Waals surface area contributed by atoms with Crippen LogP contribution in [-0.2, 0) is 14.8 Å². The van der Waals surface area contributed by atoms with Crippen molar-refractivity contribution in [3.8, 4) is 0 Å². The maximum Gasteiger partial charge on any atom is 0.216 e. The molecule has 0 unspecified atom stereocenters. The average molecular weight is 518 g/mol. The summed E-state index contributed by atoms with van der Waals surface area (Å²) in [6.07, 6.45) is 2.09. The minimum Gasteiger partial charge on any atom is -0.396 e. The molecule has 0 bridgehead atoms. The van der Waals surface area contributed by atoms with Crippen molar-refractivity contribution < 1.29 is 18.3 Å². The molecule has 0 radical (unpaired) electrons. The molecule has 2 aliphatic rings. The number of rotatable bonds is 9. The van der Waals surface area contributed by atoms with Gasteiger partial charge in [0, 0.05) is 38.1 Å². The molecule has 0 amide bonds. The molecule has 0 aromatic heterocycles. The Bertz CT molecular complexity index is 573. The Hall–Kier alpha value is -0.170. The topological polar surface area (TPSA) is 94.5 Å². The zero-order valence-electron chi connectivity index (χ0n) is 16.7. The molecule has 2 fully saturated rings. The summed E-state index contributed by atoms with van der Waals surface area (Å²) in [4.78, 5) is 6.79. The molecule has 160 valence electrons. The molecule has 8 nitrogen and oxygen atoms in total. The van der Waals surface area contributed by atoms with Crippen LogP contribution in [0.5, 0.6) is 0 Å². The van der Waals surface area contributed by atoms with Crippen LogP contribution in [0, 0.1) is 5.41 Å². The number of halogens is 1. The highest BCUT2D eigenvalue weighted by atomic mass is 127. The van der Waals surface area contributed by atoms with Crippen molar-refractivity contribution in [3.63, 3.8) is 0 Å². The Labute approximate surface area is 180 Å². The van der Waals surface area contributed by atoms with Gasteiger partial charge in [-0.1, -0.05) is 0 Å². The van der Waals surface area contributed by atoms with Crippen LogP contribution >= 0.6 is 24.0 Å². The second-order valence-corrected chi connectivity index (χ2v) is 9.54. The molecule has 2 N–H and O–H groups in total. The van der Waals surface area contributed by atoms with Gasteiger partial charge >= 0.3 is 0 Å². The lowest BCUT2D eigenvalue weighted by atomic mass is 10.1. The van der Waals surface area contributed by atoms with E-state index in [0.29, 0.717) is 32.7 Å². The largest absolute Gasteiger partial charge is 0.396 e. The number of aliphatic imine (C=N–C) groups is 1. The molecular formula is C17H35IN4O4S. The predicted octanol–water partition coefficient (Wildman–Crippen LogP) is 0.715. The third kappa shape index (κ3) is 7.64. The van der Waals surface area contributed by atoms with Crippen LogP contribution in [0.1, 0.15) is 33.6 Å². The van der Waals surface area contributed by atoms with E-state index < -0.39 is 10.0 Å². The Morgan fingerprint density at radius 1 is 1.26 bits per heavy atom. The quantitative estimate of drug-likeness (QED) is 0.266. The van der Waals surface area contributed by atoms with Gasteiger partial charge in [-0.25, -0.2) is 8.42 Å². The molecule has 27 heavy (non-hydrogen) atoms. The molecule has 0 aromatic carbocycles. The summed E-state index contributed by atoms with van der Waals surface area (Å²) < 4.78 is 31.8. The third-order valence-electron chi connectivity index (χ3n) is 4.92. The summed E-state index contributed by atoms with van der Waals surface area (Å²) in [5, 5.41) is 12.7. The minimum atomic E-state index is -3.28. The number of guanidine groups is 1. The highest BCUT2D eigenvalue weighted by Crippen LogP contribution is 2.45. The number of ether oxygens (including phenoxy) is 1. The summed E-state index contributed by atoms with van der Waals surface area (Å²) in [6.45, 7) is 9.75. The van der Waals surface area contributed by atoms with Gasteiger partial charge in [0.1, 0.15) is 0 Å². The standard InChI is InChI=1S/C17H34N4O4S.HI/c1-4-18-16(19-13-17(14-22)5-6-17)20-7-9-21(10-8-20)26(23,24)12-11-25-15(2)3;/h15,22H,4-14H2,1-3H3,(H,18,19);1H. The monoisotopic (exact) mass is 518 g/mol. The molecule has 1 aliphatic heterocycles. The third-order valence-corrected chi connectivity index (χ3v) is 6.75. The van der Waals surface area contributed by atoms with Crippen LogP contribution in [-0.4, -0.2) is 93.0 Å². The van der Waals surface area contributed by atoms with Crippen LogP contribution in [0.2, 0.25) is 0 Å². The van der Waals surface area contributed by atoms with Crippen molar-refractivity contribution in [1.29, 1.82) is 0 Å². The SMILES string of the molecule is CCNC(=NCC1(CO)CC1)N1CCN(S(=O)(=O)CCOC(C)C)CC1.I. The van der Waals surface area contributed by atoms with Crippen molar-refractivity contribution in [1.82, 2.24) is 14.5 Å². The number of nitrogens with zero attached hydrogens (tertiary/aromatic N) is 3. The zero-order chi connectivity index (χ0) is 19.2. The van der Waals surface area contributed by atoms with Gasteiger partial charge in [-0.05, 0) is 33.6 Å². The molecule has 0 aromatic rings. The molecular weight excluding hydrogens is 483 g/mol. The number of piperazine rings is 1. The number of aliphatic hydroxyl groups is 1. The maximum atomic E-state index is 12.4. The van der Waals surface area contributed by atoms with Crippen LogP contribution < -0.4 is 5.32 Å². The van der Waals surface area contributed by atoms with E-state index in [4.69, 9.17) is 4.74 Å². The van der Waals surface area contributed by atoms with Crippen molar-refractivity contribution in [3.05, 3.63) is 0 Å². The van der Waals surface area contributed by atoms with Gasteiger partial charge in [-0.15, -0.1) is 24.0 Å². The summed E-state index contributed by atoms with van der Waals surface area (Å²) in [5.74, 6) is 0.839. The molecule has 1 saturated heterocycles. The fraction of sp³-hybridized carbons (Fsp3) is 0.941. The van der Waals surface area contributed by atoms with Gasteiger partial charge in [0.15, 0.2) is 5.96 Å². The van der Waals surface area contributed by atoms with Crippen LogP contribution in [0.25, 0.3) is 0 Å². The van der Waals surface area contributed by atoms with Crippen molar-refractivity contribution in [2.24, 2.45) is 10.4 Å². The fourth-order valence-corrected chi connectivity index (χ4v) is 4.19. The molecule has 0 atom stereocenters. The Balaban J connectivity index is 0.00000364. The van der Waals surface area contributed by atoms with E-state index in [1.54, 1.807) is 4.31 Å². The lowest BCUT2D eigenvalue weighted by Gasteiger charge is -2.36. The van der Waals surface area contributed by atoms with Gasteiger partial charge < -0.3 is 20.1 Å². The van der Waals surface area contributed by atoms with Gasteiger partial charge in [-0.2, -0.15) is 4.31 Å². The lowest BCUT2D eigenvalue weighted by molar-refractivity contribution is 0.0904. The maximum absolute atomic E-state index is 12.4. The molecule has 2 rings (SSSR count). The summed E-state index contributed by atoms with van der Waals surface area (Å²) in [6, 6.07) is 0. The second kappa shape index (κ2) is 11.1. The molecule has 1 heterocycles. The highest BCUT2D eigenvalue weighted by Gasteiger charge is 2.42. The minimum absolute atomic E-state index is 0. The zero-order valence-corrected chi connectivity index (χ0v) is 19.8. The van der Waals surface area contributed by atoms with Crippen molar-refractivity contribution >= 4 is 40.0 Å². The first-order valence-electron chi connectivity index (χ1n) is 9.55. The summed E-state index contributed by atoms with van der Waals surface area (Å²) in [5.41, 5.74) is -0.0255. The van der Waals surface area contributed by atoms with Gasteiger partial charge in [0.05, 0.1) is 31.6 Å². The average Bonchev–Trinajstić information content (AvgIpc) is 3.39. The summed E-state index contributed by atoms with van der Waals surface area (Å²) >= 11 is 0. The van der Waals surface area contributed by atoms with Crippen molar-refractivity contribution in [2.45, 2.75) is 39.7 Å². The number of hydrogen-bond donors (Lipinski definition) is 2. The Kier molecular flexibility index (Phi) is 10.2. The number of hydrogen-bond acceptors (Lipinski definition) is 5. The van der Waals surface area contributed by atoms with Crippen LogP contribution in [0.4, 0.5) is 0 Å².